The van der Waals surface area contributed by atoms with Gasteiger partial charge in [-0.3, -0.25) is 0 Å². The Kier molecular flexibility index (Phi) is 5.81. The second-order valence-electron chi connectivity index (χ2n) is 5.69. The van der Waals surface area contributed by atoms with Crippen molar-refractivity contribution in [1.82, 2.24) is 4.90 Å². The normalized spacial score (nSPS) is 19.1. The number of methoxy groups -OCH3 is 1. The van der Waals surface area contributed by atoms with Crippen LogP contribution in [0.4, 0.5) is 0 Å². The zero-order valence-corrected chi connectivity index (χ0v) is 13.1. The van der Waals surface area contributed by atoms with Crippen molar-refractivity contribution in [3.8, 4) is 11.5 Å². The van der Waals surface area contributed by atoms with Crippen LogP contribution in [0.3, 0.4) is 0 Å². The van der Waals surface area contributed by atoms with Crippen LogP contribution in [0.15, 0.2) is 24.3 Å². The number of hydrogen-bond acceptors (Lipinski definition) is 6. The molecule has 0 amide bonds. The molecule has 1 aliphatic rings. The number of carboxylic acid groups (broad SMARTS) is 1. The number of aliphatic carboxylic acids is 1. The predicted octanol–water partition coefficient (Wildman–Crippen LogP) is 0.346. The van der Waals surface area contributed by atoms with Crippen LogP contribution in [0.2, 0.25) is 0 Å². The highest BCUT2D eigenvalue weighted by atomic mass is 16.5. The van der Waals surface area contributed by atoms with Crippen LogP contribution in [-0.4, -0.2) is 71.2 Å². The number of β-amino-alcohol motifs (C(OH)–C–C–N with tert-alkyl or cyclic N) is 1. The topological polar surface area (TPSA) is 99.5 Å². The molecule has 23 heavy (non-hydrogen) atoms. The second kappa shape index (κ2) is 7.63. The Morgan fingerprint density at radius 2 is 1.91 bits per heavy atom. The van der Waals surface area contributed by atoms with E-state index in [4.69, 9.17) is 14.6 Å². The van der Waals surface area contributed by atoms with E-state index in [1.807, 2.05) is 4.90 Å². The highest BCUT2D eigenvalue weighted by Crippen LogP contribution is 2.34. The number of nitrogens with zero attached hydrogens (tertiary/aromatic N) is 1. The summed E-state index contributed by atoms with van der Waals surface area (Å²) in [6.45, 7) is 0.955. The van der Waals surface area contributed by atoms with Gasteiger partial charge >= 0.3 is 5.97 Å². The third kappa shape index (κ3) is 4.13. The van der Waals surface area contributed by atoms with Gasteiger partial charge in [0.1, 0.15) is 0 Å². The average Bonchev–Trinajstić information content (AvgIpc) is 2.57. The number of piperidine rings is 1. The first-order chi connectivity index (χ1) is 11.0. The lowest BCUT2D eigenvalue weighted by Crippen LogP contribution is -2.54. The third-order valence-corrected chi connectivity index (χ3v) is 4.11. The monoisotopic (exact) mass is 325 g/mol. The number of rotatable bonds is 7. The van der Waals surface area contributed by atoms with Crippen molar-refractivity contribution in [2.45, 2.75) is 24.5 Å². The number of benzene rings is 1. The van der Waals surface area contributed by atoms with Gasteiger partial charge in [-0.25, -0.2) is 4.79 Å². The quantitative estimate of drug-likeness (QED) is 0.665. The lowest BCUT2D eigenvalue weighted by Gasteiger charge is -2.39. The van der Waals surface area contributed by atoms with E-state index in [0.717, 1.165) is 0 Å². The minimum atomic E-state index is -1.31. The lowest BCUT2D eigenvalue weighted by molar-refractivity contribution is -0.160. The fourth-order valence-electron chi connectivity index (χ4n) is 2.73. The van der Waals surface area contributed by atoms with Crippen molar-refractivity contribution in [3.63, 3.8) is 0 Å². The van der Waals surface area contributed by atoms with Gasteiger partial charge in [0.25, 0.3) is 0 Å². The molecular weight excluding hydrogens is 302 g/mol. The smallest absolute Gasteiger partial charge is 0.348 e. The number of carbonyl (C=O) groups is 1. The zero-order valence-electron chi connectivity index (χ0n) is 13.1. The van der Waals surface area contributed by atoms with Gasteiger partial charge in [-0.05, 0) is 12.1 Å². The molecular formula is C16H23NO6. The molecule has 1 aromatic rings. The van der Waals surface area contributed by atoms with Crippen LogP contribution in [0, 0.1) is 0 Å². The minimum absolute atomic E-state index is 0.290. The molecule has 7 nitrogen and oxygen atoms in total. The molecule has 1 fully saturated rings. The molecule has 0 unspecified atom stereocenters. The molecule has 2 rings (SSSR count). The fourth-order valence-corrected chi connectivity index (χ4v) is 2.73. The molecule has 7 heteroatoms. The lowest BCUT2D eigenvalue weighted by atomic mass is 9.91. The Bertz CT molecular complexity index is 527. The molecule has 1 aliphatic heterocycles. The van der Waals surface area contributed by atoms with Gasteiger partial charge in [0.2, 0.25) is 5.60 Å². The van der Waals surface area contributed by atoms with E-state index in [-0.39, 0.29) is 6.61 Å². The first kappa shape index (κ1) is 17.5. The van der Waals surface area contributed by atoms with E-state index in [2.05, 4.69) is 0 Å². The maximum absolute atomic E-state index is 11.8. The summed E-state index contributed by atoms with van der Waals surface area (Å²) in [6.07, 6.45) is -0.237. The van der Waals surface area contributed by atoms with Crippen molar-refractivity contribution >= 4 is 5.97 Å². The highest BCUT2D eigenvalue weighted by molar-refractivity contribution is 5.78. The maximum Gasteiger partial charge on any atom is 0.348 e. The van der Waals surface area contributed by atoms with E-state index in [1.165, 1.54) is 7.11 Å². The third-order valence-electron chi connectivity index (χ3n) is 4.11. The number of carboxylic acids is 1. The number of likely N-dealkylation sites (tertiary alicyclic amines) is 1. The van der Waals surface area contributed by atoms with Crippen LogP contribution < -0.4 is 9.47 Å². The number of para-hydroxylation sites is 2. The summed E-state index contributed by atoms with van der Waals surface area (Å²) >= 11 is 0. The summed E-state index contributed by atoms with van der Waals surface area (Å²) in [5.74, 6) is -0.113. The second-order valence-corrected chi connectivity index (χ2v) is 5.69. The summed E-state index contributed by atoms with van der Waals surface area (Å²) in [7, 11) is 1.51. The van der Waals surface area contributed by atoms with E-state index < -0.39 is 17.7 Å². The molecule has 0 saturated carbocycles. The van der Waals surface area contributed by atoms with E-state index in [1.54, 1.807) is 24.3 Å². The van der Waals surface area contributed by atoms with Crippen LogP contribution in [0.1, 0.15) is 12.8 Å². The van der Waals surface area contributed by atoms with Crippen LogP contribution in [-0.2, 0) is 4.79 Å². The Balaban J connectivity index is 2.09. The first-order valence-electron chi connectivity index (χ1n) is 7.57. The molecule has 0 aliphatic carbocycles. The molecule has 0 aromatic heterocycles. The SMILES string of the molecule is COc1ccccc1OC1(C(=O)O)CCN(C[C@@H](O)CO)CC1. The molecule has 0 bridgehead atoms. The molecule has 3 N–H and O–H groups in total. The summed E-state index contributed by atoms with van der Waals surface area (Å²) in [5, 5.41) is 28.1. The molecule has 128 valence electrons. The number of ether oxygens (including phenoxy) is 2. The highest BCUT2D eigenvalue weighted by Gasteiger charge is 2.44. The Morgan fingerprint density at radius 1 is 1.30 bits per heavy atom. The summed E-state index contributed by atoms with van der Waals surface area (Å²) in [6, 6.07) is 6.96. The van der Waals surface area contributed by atoms with E-state index >= 15 is 0 Å². The van der Waals surface area contributed by atoms with E-state index in [0.29, 0.717) is 44.0 Å². The maximum atomic E-state index is 11.8. The van der Waals surface area contributed by atoms with Crippen LogP contribution in [0.25, 0.3) is 0 Å². The molecule has 0 radical (unpaired) electrons. The van der Waals surface area contributed by atoms with Gasteiger partial charge in [0.05, 0.1) is 19.8 Å². The Morgan fingerprint density at radius 3 is 2.43 bits per heavy atom. The molecule has 1 heterocycles. The van der Waals surface area contributed by atoms with E-state index in [9.17, 15) is 15.0 Å². The zero-order chi connectivity index (χ0) is 16.9. The Hall–Kier alpha value is -1.83. The summed E-state index contributed by atoms with van der Waals surface area (Å²) in [4.78, 5) is 13.7. The Labute approximate surface area is 135 Å². The molecule has 1 aromatic carbocycles. The van der Waals surface area contributed by atoms with Crippen molar-refractivity contribution in [2.24, 2.45) is 0 Å². The van der Waals surface area contributed by atoms with Crippen molar-refractivity contribution in [1.29, 1.82) is 0 Å². The fraction of sp³-hybridized carbons (Fsp3) is 0.562. The number of hydrogen-bond donors (Lipinski definition) is 3. The summed E-state index contributed by atoms with van der Waals surface area (Å²) in [5.41, 5.74) is -1.31. The average molecular weight is 325 g/mol. The van der Waals surface area contributed by atoms with Gasteiger partial charge in [-0.1, -0.05) is 12.1 Å². The van der Waals surface area contributed by atoms with Crippen LogP contribution in [0.5, 0.6) is 11.5 Å². The molecule has 0 spiro atoms. The van der Waals surface area contributed by atoms with Gasteiger partial charge in [0.15, 0.2) is 11.5 Å². The summed E-state index contributed by atoms with van der Waals surface area (Å²) < 4.78 is 11.1. The predicted molar refractivity (Wildman–Crippen MR) is 82.8 cm³/mol. The number of aliphatic hydroxyl groups is 2. The minimum Gasteiger partial charge on any atom is -0.493 e. The van der Waals surface area contributed by atoms with Gasteiger partial charge in [0, 0.05) is 32.5 Å². The van der Waals surface area contributed by atoms with Gasteiger partial charge in [-0.2, -0.15) is 0 Å². The first-order valence-corrected chi connectivity index (χ1v) is 7.57. The van der Waals surface area contributed by atoms with Crippen LogP contribution >= 0.6 is 0 Å². The molecule has 1 saturated heterocycles. The largest absolute Gasteiger partial charge is 0.493 e. The molecule has 1 atom stereocenters. The standard InChI is InChI=1S/C16H23NO6/c1-22-13-4-2-3-5-14(13)23-16(15(20)21)6-8-17(9-7-16)10-12(19)11-18/h2-5,12,18-19H,6-11H2,1H3,(H,20,21)/t12-/m1/s1. The van der Waals surface area contributed by atoms with Crippen molar-refractivity contribution in [3.05, 3.63) is 24.3 Å². The van der Waals surface area contributed by atoms with Crippen molar-refractivity contribution in [2.75, 3.05) is 33.4 Å². The van der Waals surface area contributed by atoms with Gasteiger partial charge in [-0.15, -0.1) is 0 Å². The van der Waals surface area contributed by atoms with Gasteiger partial charge < -0.3 is 29.7 Å². The van der Waals surface area contributed by atoms with Crippen molar-refractivity contribution < 1.29 is 29.6 Å². The number of aliphatic hydroxyl groups excluding tert-OH is 2.